The van der Waals surface area contributed by atoms with Crippen LogP contribution < -0.4 is 5.73 Å². The van der Waals surface area contributed by atoms with E-state index in [1.165, 1.54) is 31.7 Å². The van der Waals surface area contributed by atoms with Crippen LogP contribution >= 0.6 is 0 Å². The number of hydrogen-bond acceptors (Lipinski definition) is 3. The van der Waals surface area contributed by atoms with Gasteiger partial charge < -0.3 is 5.73 Å². The van der Waals surface area contributed by atoms with Gasteiger partial charge in [0, 0.05) is 5.56 Å². The van der Waals surface area contributed by atoms with Crippen LogP contribution in [0, 0.1) is 19.7 Å². The lowest BCUT2D eigenvalue weighted by Gasteiger charge is -2.20. The second kappa shape index (κ2) is 8.22. The molecule has 1 heterocycles. The molecule has 1 aromatic carbocycles. The highest BCUT2D eigenvalue weighted by Crippen LogP contribution is 2.35. The second-order valence-corrected chi connectivity index (χ2v) is 6.68. The fraction of sp³-hybridized carbons (Fsp3) is 0.500. The largest absolute Gasteiger partial charge is 0.382 e. The lowest BCUT2D eigenvalue weighted by molar-refractivity contribution is 0.577. The monoisotopic (exact) mass is 329 g/mol. The summed E-state index contributed by atoms with van der Waals surface area (Å²) >= 11 is 0. The van der Waals surface area contributed by atoms with Crippen molar-refractivity contribution in [2.24, 2.45) is 0 Å². The van der Waals surface area contributed by atoms with Gasteiger partial charge in [0.1, 0.15) is 11.6 Å². The van der Waals surface area contributed by atoms with Gasteiger partial charge in [0.2, 0.25) is 0 Å². The fourth-order valence-electron chi connectivity index (χ4n) is 3.22. The quantitative estimate of drug-likeness (QED) is 0.677. The first-order valence-electron chi connectivity index (χ1n) is 8.84. The number of nitrogens with two attached hydrogens (primary N) is 1. The first kappa shape index (κ1) is 18.4. The van der Waals surface area contributed by atoms with Gasteiger partial charge in [-0.1, -0.05) is 45.6 Å². The summed E-state index contributed by atoms with van der Waals surface area (Å²) in [5, 5.41) is 8.42. The molecule has 1 unspecified atom stereocenters. The van der Waals surface area contributed by atoms with Crippen molar-refractivity contribution >= 4 is 5.82 Å². The number of halogens is 1. The molecular formula is C20H28FN3. The van der Waals surface area contributed by atoms with E-state index in [1.54, 1.807) is 12.1 Å². The molecule has 0 aliphatic rings. The zero-order chi connectivity index (χ0) is 17.7. The van der Waals surface area contributed by atoms with Crippen LogP contribution in [0.1, 0.15) is 68.6 Å². The lowest BCUT2D eigenvalue weighted by atomic mass is 9.87. The third-order valence-electron chi connectivity index (χ3n) is 4.74. The van der Waals surface area contributed by atoms with Gasteiger partial charge in [-0.25, -0.2) is 4.39 Å². The molecule has 130 valence electrons. The molecule has 1 atom stereocenters. The molecule has 24 heavy (non-hydrogen) atoms. The molecule has 2 rings (SSSR count). The number of benzene rings is 1. The molecule has 0 amide bonds. The van der Waals surface area contributed by atoms with Crippen LogP contribution in [-0.2, 0) is 0 Å². The summed E-state index contributed by atoms with van der Waals surface area (Å²) in [5.74, 6) is 0.522. The summed E-state index contributed by atoms with van der Waals surface area (Å²) in [6, 6.07) is 4.81. The Morgan fingerprint density at radius 3 is 2.58 bits per heavy atom. The molecule has 2 aromatic rings. The molecule has 3 nitrogen and oxygen atoms in total. The van der Waals surface area contributed by atoms with Crippen molar-refractivity contribution in [2.45, 2.75) is 65.7 Å². The lowest BCUT2D eigenvalue weighted by Crippen LogP contribution is -2.08. The Labute approximate surface area is 144 Å². The third-order valence-corrected chi connectivity index (χ3v) is 4.74. The van der Waals surface area contributed by atoms with Crippen LogP contribution in [-0.4, -0.2) is 10.2 Å². The van der Waals surface area contributed by atoms with E-state index in [1.807, 2.05) is 13.8 Å². The van der Waals surface area contributed by atoms with Gasteiger partial charge in [0.25, 0.3) is 0 Å². The van der Waals surface area contributed by atoms with Crippen LogP contribution in [0.3, 0.4) is 0 Å². The average molecular weight is 329 g/mol. The molecular weight excluding hydrogens is 301 g/mol. The Morgan fingerprint density at radius 1 is 1.12 bits per heavy atom. The molecule has 0 spiro atoms. The van der Waals surface area contributed by atoms with Crippen LogP contribution in [0.2, 0.25) is 0 Å². The van der Waals surface area contributed by atoms with E-state index in [0.29, 0.717) is 11.7 Å². The maximum atomic E-state index is 13.8. The molecule has 0 aliphatic heterocycles. The van der Waals surface area contributed by atoms with Gasteiger partial charge in [-0.2, -0.15) is 0 Å². The van der Waals surface area contributed by atoms with E-state index in [-0.39, 0.29) is 5.82 Å². The van der Waals surface area contributed by atoms with Crippen molar-refractivity contribution in [3.63, 3.8) is 0 Å². The van der Waals surface area contributed by atoms with E-state index >= 15 is 0 Å². The van der Waals surface area contributed by atoms with E-state index in [4.69, 9.17) is 5.73 Å². The van der Waals surface area contributed by atoms with Gasteiger partial charge in [-0.05, 0) is 55.0 Å². The van der Waals surface area contributed by atoms with Crippen LogP contribution in [0.4, 0.5) is 10.2 Å². The SMILES string of the molecule is CCCCCCC(C)c1c(-c2cc(F)ccc2C)nnc(N)c1C. The van der Waals surface area contributed by atoms with Crippen molar-refractivity contribution in [1.82, 2.24) is 10.2 Å². The van der Waals surface area contributed by atoms with Crippen molar-refractivity contribution < 1.29 is 4.39 Å². The number of unbranched alkanes of at least 4 members (excludes halogenated alkanes) is 3. The van der Waals surface area contributed by atoms with Gasteiger partial charge in [-0.3, -0.25) is 0 Å². The topological polar surface area (TPSA) is 51.8 Å². The maximum Gasteiger partial charge on any atom is 0.149 e. The van der Waals surface area contributed by atoms with Crippen molar-refractivity contribution in [2.75, 3.05) is 5.73 Å². The predicted molar refractivity (Wildman–Crippen MR) is 98.5 cm³/mol. The summed E-state index contributed by atoms with van der Waals surface area (Å²) in [6.07, 6.45) is 5.98. The number of rotatable bonds is 7. The minimum Gasteiger partial charge on any atom is -0.382 e. The Morgan fingerprint density at radius 2 is 1.88 bits per heavy atom. The second-order valence-electron chi connectivity index (χ2n) is 6.68. The van der Waals surface area contributed by atoms with Gasteiger partial charge in [-0.15, -0.1) is 10.2 Å². The number of nitrogen functional groups attached to an aromatic ring is 1. The van der Waals surface area contributed by atoms with Gasteiger partial charge >= 0.3 is 0 Å². The summed E-state index contributed by atoms with van der Waals surface area (Å²) in [5.41, 5.74) is 10.6. The Hall–Kier alpha value is -1.97. The zero-order valence-corrected chi connectivity index (χ0v) is 15.2. The highest BCUT2D eigenvalue weighted by Gasteiger charge is 2.20. The Bertz CT molecular complexity index is 698. The Balaban J connectivity index is 2.42. The first-order chi connectivity index (χ1) is 11.5. The molecule has 0 aliphatic carbocycles. The smallest absolute Gasteiger partial charge is 0.149 e. The first-order valence-corrected chi connectivity index (χ1v) is 8.84. The summed E-state index contributed by atoms with van der Waals surface area (Å²) < 4.78 is 13.8. The van der Waals surface area contributed by atoms with Gasteiger partial charge in [0.05, 0.1) is 5.69 Å². The minimum atomic E-state index is -0.256. The number of hydrogen-bond donors (Lipinski definition) is 1. The maximum absolute atomic E-state index is 13.8. The third kappa shape index (κ3) is 4.11. The highest BCUT2D eigenvalue weighted by atomic mass is 19.1. The Kier molecular flexibility index (Phi) is 6.29. The normalized spacial score (nSPS) is 12.4. The standard InChI is InChI=1S/C20H28FN3/c1-5-6-7-8-9-14(3)18-15(4)20(22)24-23-19(18)17-12-16(21)11-10-13(17)2/h10-12,14H,5-9H2,1-4H3,(H2,22,24). The van der Waals surface area contributed by atoms with Crippen molar-refractivity contribution in [1.29, 1.82) is 0 Å². The summed E-state index contributed by atoms with van der Waals surface area (Å²) in [7, 11) is 0. The molecule has 0 radical (unpaired) electrons. The van der Waals surface area contributed by atoms with E-state index in [0.717, 1.165) is 34.4 Å². The molecule has 1 aromatic heterocycles. The van der Waals surface area contributed by atoms with Crippen LogP contribution in [0.15, 0.2) is 18.2 Å². The van der Waals surface area contributed by atoms with Crippen molar-refractivity contribution in [3.8, 4) is 11.3 Å². The highest BCUT2D eigenvalue weighted by molar-refractivity contribution is 5.70. The van der Waals surface area contributed by atoms with E-state index < -0.39 is 0 Å². The summed E-state index contributed by atoms with van der Waals surface area (Å²) in [4.78, 5) is 0. The predicted octanol–water partition coefficient (Wildman–Crippen LogP) is 5.56. The average Bonchev–Trinajstić information content (AvgIpc) is 2.56. The number of aryl methyl sites for hydroxylation is 1. The van der Waals surface area contributed by atoms with Crippen molar-refractivity contribution in [3.05, 3.63) is 40.7 Å². The molecule has 0 saturated heterocycles. The van der Waals surface area contributed by atoms with E-state index in [2.05, 4.69) is 24.0 Å². The molecule has 0 fully saturated rings. The number of anilines is 1. The molecule has 4 heteroatoms. The minimum absolute atomic E-state index is 0.256. The summed E-state index contributed by atoms with van der Waals surface area (Å²) in [6.45, 7) is 8.37. The van der Waals surface area contributed by atoms with Crippen LogP contribution in [0.25, 0.3) is 11.3 Å². The fourth-order valence-corrected chi connectivity index (χ4v) is 3.22. The number of nitrogens with zero attached hydrogens (tertiary/aromatic N) is 2. The molecule has 0 bridgehead atoms. The van der Waals surface area contributed by atoms with E-state index in [9.17, 15) is 4.39 Å². The van der Waals surface area contributed by atoms with Gasteiger partial charge in [0.15, 0.2) is 0 Å². The zero-order valence-electron chi connectivity index (χ0n) is 15.2. The molecule has 0 saturated carbocycles. The van der Waals surface area contributed by atoms with Crippen LogP contribution in [0.5, 0.6) is 0 Å². The molecule has 2 N–H and O–H groups in total. The number of aromatic nitrogens is 2.